The maximum absolute atomic E-state index is 8.22. The monoisotopic (exact) mass is 168 g/mol. The first-order chi connectivity index (χ1) is 5.74. The Labute approximate surface area is 73.5 Å². The second kappa shape index (κ2) is 4.31. The Morgan fingerprint density at radius 3 is 2.75 bits per heavy atom. The summed E-state index contributed by atoms with van der Waals surface area (Å²) in [6.07, 6.45) is 8.20. The third-order valence-electron chi connectivity index (χ3n) is 2.43. The van der Waals surface area contributed by atoms with Crippen LogP contribution in [-0.4, -0.2) is 5.26 Å². The molecule has 2 atom stereocenters. The third-order valence-corrected chi connectivity index (χ3v) is 2.43. The van der Waals surface area contributed by atoms with E-state index in [2.05, 4.69) is 24.0 Å². The molecule has 0 fully saturated rings. The molecule has 0 aliphatic heterocycles. The van der Waals surface area contributed by atoms with E-state index in [4.69, 9.17) is 5.26 Å². The van der Waals surface area contributed by atoms with Crippen LogP contribution in [0.15, 0.2) is 24.0 Å². The van der Waals surface area contributed by atoms with Gasteiger partial charge in [0, 0.05) is 5.92 Å². The van der Waals surface area contributed by atoms with Crippen molar-refractivity contribution in [2.24, 2.45) is 11.8 Å². The first-order valence-electron chi connectivity index (χ1n) is 4.39. The van der Waals surface area contributed by atoms with Crippen LogP contribution >= 0.6 is 0 Å². The topological polar surface area (TPSA) is 29.5 Å². The van der Waals surface area contributed by atoms with Crippen molar-refractivity contribution in [1.29, 1.82) is 0 Å². The van der Waals surface area contributed by atoms with Gasteiger partial charge in [0.25, 0.3) is 0 Å². The van der Waals surface area contributed by atoms with Crippen LogP contribution in [0.3, 0.4) is 0 Å². The smallest absolute Gasteiger partial charge is 0.128 e. The Bertz CT molecular complexity index is 194. The van der Waals surface area contributed by atoms with Gasteiger partial charge in [-0.2, -0.15) is 0 Å². The van der Waals surface area contributed by atoms with Crippen molar-refractivity contribution in [2.75, 3.05) is 0 Å². The number of hydrogen-bond donors (Lipinski definition) is 1. The van der Waals surface area contributed by atoms with Gasteiger partial charge in [0.2, 0.25) is 0 Å². The highest BCUT2D eigenvalue weighted by atomic mass is 17.1. The summed E-state index contributed by atoms with van der Waals surface area (Å²) in [5.74, 6) is 1.15. The minimum atomic E-state index is 0.452. The van der Waals surface area contributed by atoms with Crippen LogP contribution in [0.2, 0.25) is 0 Å². The maximum atomic E-state index is 8.22. The molecule has 68 valence electrons. The molecule has 2 heteroatoms. The van der Waals surface area contributed by atoms with Gasteiger partial charge in [0.05, 0.1) is 0 Å². The minimum absolute atomic E-state index is 0.452. The second-order valence-corrected chi connectivity index (χ2v) is 3.51. The first kappa shape index (κ1) is 9.33. The van der Waals surface area contributed by atoms with Gasteiger partial charge in [-0.1, -0.05) is 19.1 Å². The van der Waals surface area contributed by atoms with Gasteiger partial charge in [-0.15, -0.1) is 0 Å². The largest absolute Gasteiger partial charge is 0.348 e. The fourth-order valence-corrected chi connectivity index (χ4v) is 1.51. The van der Waals surface area contributed by atoms with Crippen LogP contribution in [0.4, 0.5) is 0 Å². The Morgan fingerprint density at radius 1 is 1.50 bits per heavy atom. The lowest BCUT2D eigenvalue weighted by Gasteiger charge is -2.20. The average Bonchev–Trinajstić information content (AvgIpc) is 2.06. The van der Waals surface area contributed by atoms with Crippen molar-refractivity contribution >= 4 is 0 Å². The molecule has 1 aliphatic carbocycles. The van der Waals surface area contributed by atoms with Crippen molar-refractivity contribution < 1.29 is 10.1 Å². The summed E-state index contributed by atoms with van der Waals surface area (Å²) >= 11 is 0. The van der Waals surface area contributed by atoms with E-state index in [1.54, 1.807) is 0 Å². The number of allylic oxidation sites excluding steroid dienone is 3. The van der Waals surface area contributed by atoms with Gasteiger partial charge < -0.3 is 4.89 Å². The average molecular weight is 168 g/mol. The summed E-state index contributed by atoms with van der Waals surface area (Å²) in [6, 6.07) is 0. The number of hydrogen-bond acceptors (Lipinski definition) is 2. The number of rotatable bonds is 2. The summed E-state index contributed by atoms with van der Waals surface area (Å²) in [4.78, 5) is 3.99. The first-order valence-corrected chi connectivity index (χ1v) is 4.39. The molecule has 0 heterocycles. The van der Waals surface area contributed by atoms with E-state index in [0.29, 0.717) is 11.8 Å². The highest BCUT2D eigenvalue weighted by molar-refractivity contribution is 5.11. The van der Waals surface area contributed by atoms with Crippen molar-refractivity contribution in [3.05, 3.63) is 24.0 Å². The van der Waals surface area contributed by atoms with Crippen LogP contribution in [0, 0.1) is 11.8 Å². The maximum Gasteiger partial charge on any atom is 0.128 e. The highest BCUT2D eigenvalue weighted by Crippen LogP contribution is 2.26. The van der Waals surface area contributed by atoms with E-state index in [9.17, 15) is 0 Å². The fraction of sp³-hybridized carbons (Fsp3) is 0.600. The fourth-order valence-electron chi connectivity index (χ4n) is 1.51. The molecule has 2 unspecified atom stereocenters. The summed E-state index contributed by atoms with van der Waals surface area (Å²) < 4.78 is 0. The van der Waals surface area contributed by atoms with Crippen molar-refractivity contribution in [2.45, 2.75) is 26.7 Å². The summed E-state index contributed by atoms with van der Waals surface area (Å²) in [7, 11) is 0. The molecule has 0 radical (unpaired) electrons. The Kier molecular flexibility index (Phi) is 3.35. The molecule has 2 nitrogen and oxygen atoms in total. The quantitative estimate of drug-likeness (QED) is 0.297. The zero-order valence-electron chi connectivity index (χ0n) is 7.66. The van der Waals surface area contributed by atoms with Gasteiger partial charge in [0.1, 0.15) is 6.26 Å². The van der Waals surface area contributed by atoms with Gasteiger partial charge in [-0.05, 0) is 31.3 Å². The summed E-state index contributed by atoms with van der Waals surface area (Å²) in [5.41, 5.74) is 1.08. The van der Waals surface area contributed by atoms with E-state index in [1.165, 1.54) is 12.7 Å². The lowest BCUT2D eigenvalue weighted by molar-refractivity contribution is -0.187. The molecule has 0 amide bonds. The van der Waals surface area contributed by atoms with Crippen molar-refractivity contribution in [1.82, 2.24) is 0 Å². The Morgan fingerprint density at radius 2 is 2.25 bits per heavy atom. The third kappa shape index (κ3) is 2.38. The van der Waals surface area contributed by atoms with Crippen molar-refractivity contribution in [3.8, 4) is 0 Å². The van der Waals surface area contributed by atoms with Crippen LogP contribution in [0.1, 0.15) is 26.7 Å². The molecule has 1 rings (SSSR count). The molecule has 1 N–H and O–H groups in total. The van der Waals surface area contributed by atoms with Gasteiger partial charge in [0.15, 0.2) is 0 Å². The SMILES string of the molecule is C/C(=C\OO)C1C=CC(C)CC1. The van der Waals surface area contributed by atoms with Crippen LogP contribution in [0.25, 0.3) is 0 Å². The molecule has 0 spiro atoms. The zero-order chi connectivity index (χ0) is 8.97. The van der Waals surface area contributed by atoms with E-state index in [-0.39, 0.29) is 0 Å². The normalized spacial score (nSPS) is 30.4. The van der Waals surface area contributed by atoms with Gasteiger partial charge >= 0.3 is 0 Å². The Balaban J connectivity index is 2.54. The zero-order valence-corrected chi connectivity index (χ0v) is 7.66. The summed E-state index contributed by atoms with van der Waals surface area (Å²) in [6.45, 7) is 4.19. The molecule has 0 bridgehead atoms. The van der Waals surface area contributed by atoms with Crippen molar-refractivity contribution in [3.63, 3.8) is 0 Å². The molecule has 0 saturated carbocycles. The van der Waals surface area contributed by atoms with Gasteiger partial charge in [-0.3, -0.25) is 0 Å². The molecular weight excluding hydrogens is 152 g/mol. The molecule has 0 aromatic rings. The van der Waals surface area contributed by atoms with Crippen LogP contribution in [0.5, 0.6) is 0 Å². The van der Waals surface area contributed by atoms with Crippen LogP contribution in [-0.2, 0) is 4.89 Å². The van der Waals surface area contributed by atoms with E-state index >= 15 is 0 Å². The molecular formula is C10H16O2. The minimum Gasteiger partial charge on any atom is -0.348 e. The van der Waals surface area contributed by atoms with E-state index in [0.717, 1.165) is 12.0 Å². The molecule has 0 saturated heterocycles. The van der Waals surface area contributed by atoms with Gasteiger partial charge in [-0.25, -0.2) is 5.26 Å². The predicted molar refractivity (Wildman–Crippen MR) is 48.5 cm³/mol. The molecule has 0 aromatic heterocycles. The standard InChI is InChI=1S/C10H16O2/c1-8-3-5-10(6-4-8)9(2)7-12-11/h3,5,7-8,10-11H,4,6H2,1-2H3/b9-7+. The second-order valence-electron chi connectivity index (χ2n) is 3.51. The highest BCUT2D eigenvalue weighted by Gasteiger charge is 2.13. The van der Waals surface area contributed by atoms with Crippen LogP contribution < -0.4 is 0 Å². The Hall–Kier alpha value is -0.760. The lowest BCUT2D eigenvalue weighted by atomic mass is 9.86. The molecule has 12 heavy (non-hydrogen) atoms. The summed E-state index contributed by atoms with van der Waals surface area (Å²) in [5, 5.41) is 8.22. The molecule has 1 aliphatic rings. The van der Waals surface area contributed by atoms with E-state index < -0.39 is 0 Å². The lowest BCUT2D eigenvalue weighted by Crippen LogP contribution is -2.07. The molecule has 0 aromatic carbocycles. The predicted octanol–water partition coefficient (Wildman–Crippen LogP) is 2.98. The van der Waals surface area contributed by atoms with E-state index in [1.807, 2.05) is 6.92 Å².